The van der Waals surface area contributed by atoms with Gasteiger partial charge in [-0.3, -0.25) is 9.59 Å². The molecule has 0 saturated carbocycles. The van der Waals surface area contributed by atoms with Gasteiger partial charge in [-0.25, -0.2) is 0 Å². The fourth-order valence-corrected chi connectivity index (χ4v) is 1.89. The second-order valence-corrected chi connectivity index (χ2v) is 4.90. The van der Waals surface area contributed by atoms with Crippen LogP contribution in [0.3, 0.4) is 0 Å². The Morgan fingerprint density at radius 3 is 2.35 bits per heavy atom. The summed E-state index contributed by atoms with van der Waals surface area (Å²) in [5.74, 6) is 5.06. The van der Waals surface area contributed by atoms with E-state index in [1.54, 1.807) is 6.07 Å². The van der Waals surface area contributed by atoms with E-state index < -0.39 is 11.8 Å². The zero-order valence-corrected chi connectivity index (χ0v) is 13.2. The van der Waals surface area contributed by atoms with Gasteiger partial charge < -0.3 is 9.47 Å². The molecule has 0 spiro atoms. The van der Waals surface area contributed by atoms with Crippen molar-refractivity contribution in [3.8, 4) is 23.3 Å². The number of ether oxygens (including phenoxy) is 2. The molecule has 2 aromatic carbocycles. The number of methoxy groups -OCH3 is 1. The molecule has 0 aliphatic rings. The molecule has 4 nitrogen and oxygen atoms in total. The van der Waals surface area contributed by atoms with Crippen LogP contribution in [0.4, 0.5) is 0 Å². The van der Waals surface area contributed by atoms with Gasteiger partial charge in [0.1, 0.15) is 11.5 Å². The van der Waals surface area contributed by atoms with Gasteiger partial charge in [0.25, 0.3) is 0 Å². The summed E-state index contributed by atoms with van der Waals surface area (Å²) in [5, 5.41) is 0. The highest BCUT2D eigenvalue weighted by atomic mass is 16.5. The molecule has 2 aromatic rings. The highest BCUT2D eigenvalue weighted by Gasteiger charge is 2.13. The van der Waals surface area contributed by atoms with Crippen molar-refractivity contribution >= 4 is 11.8 Å². The molecule has 0 N–H and O–H groups in total. The van der Waals surface area contributed by atoms with E-state index in [0.717, 1.165) is 11.1 Å². The van der Waals surface area contributed by atoms with E-state index in [4.69, 9.17) is 9.47 Å². The van der Waals surface area contributed by atoms with Crippen LogP contribution >= 0.6 is 0 Å². The van der Waals surface area contributed by atoms with Crippen LogP contribution in [-0.2, 0) is 4.79 Å². The van der Waals surface area contributed by atoms with E-state index in [1.807, 2.05) is 31.2 Å². The van der Waals surface area contributed by atoms with Crippen LogP contribution in [0.5, 0.6) is 11.5 Å². The summed E-state index contributed by atoms with van der Waals surface area (Å²) in [6.45, 7) is 3.25. The van der Waals surface area contributed by atoms with E-state index >= 15 is 0 Å². The van der Waals surface area contributed by atoms with E-state index in [0.29, 0.717) is 5.75 Å². The molecule has 0 aliphatic heterocycles. The third-order valence-corrected chi connectivity index (χ3v) is 3.06. The minimum atomic E-state index is -0.515. The lowest BCUT2D eigenvalue weighted by molar-refractivity contribution is -0.131. The van der Waals surface area contributed by atoms with Crippen molar-refractivity contribution in [2.45, 2.75) is 13.8 Å². The fraction of sp³-hybridized carbons (Fsp3) is 0.158. The van der Waals surface area contributed by atoms with Gasteiger partial charge in [0.2, 0.25) is 5.78 Å². The molecule has 0 aliphatic carbocycles. The molecule has 0 amide bonds. The monoisotopic (exact) mass is 308 g/mol. The Bertz CT molecular complexity index is 792. The second kappa shape index (κ2) is 7.28. The lowest BCUT2D eigenvalue weighted by atomic mass is 10.1. The molecule has 0 atom stereocenters. The van der Waals surface area contributed by atoms with Crippen LogP contribution in [0.1, 0.15) is 28.4 Å². The van der Waals surface area contributed by atoms with Crippen LogP contribution in [0.2, 0.25) is 0 Å². The zero-order valence-electron chi connectivity index (χ0n) is 13.2. The molecule has 0 radical (unpaired) electrons. The third-order valence-electron chi connectivity index (χ3n) is 3.06. The SMILES string of the molecule is COc1ccc(C(=O)C#Cc2ccc(C)cc2)c(OC(C)=O)c1. The van der Waals surface area contributed by atoms with Crippen molar-refractivity contribution in [1.82, 2.24) is 0 Å². The fourth-order valence-electron chi connectivity index (χ4n) is 1.89. The predicted molar refractivity (Wildman–Crippen MR) is 86.7 cm³/mol. The number of carbonyl (C=O) groups is 2. The summed E-state index contributed by atoms with van der Waals surface area (Å²) >= 11 is 0. The van der Waals surface area contributed by atoms with Crippen molar-refractivity contribution in [2.24, 2.45) is 0 Å². The third kappa shape index (κ3) is 4.45. The highest BCUT2D eigenvalue weighted by Crippen LogP contribution is 2.25. The molecule has 0 unspecified atom stereocenters. The Balaban J connectivity index is 2.31. The van der Waals surface area contributed by atoms with Crippen molar-refractivity contribution in [2.75, 3.05) is 7.11 Å². The lowest BCUT2D eigenvalue weighted by Crippen LogP contribution is -2.07. The molecule has 4 heteroatoms. The Kier molecular flexibility index (Phi) is 5.16. The topological polar surface area (TPSA) is 52.6 Å². The molecule has 0 bridgehead atoms. The Hall–Kier alpha value is -3.06. The number of hydrogen-bond donors (Lipinski definition) is 0. The first kappa shape index (κ1) is 16.3. The van der Waals surface area contributed by atoms with Crippen LogP contribution in [0.25, 0.3) is 0 Å². The van der Waals surface area contributed by atoms with E-state index in [1.165, 1.54) is 26.2 Å². The van der Waals surface area contributed by atoms with Gasteiger partial charge in [-0.05, 0) is 37.1 Å². The van der Waals surface area contributed by atoms with Crippen LogP contribution in [-0.4, -0.2) is 18.9 Å². The lowest BCUT2D eigenvalue weighted by Gasteiger charge is -2.08. The molecule has 0 fully saturated rings. The minimum absolute atomic E-state index is 0.139. The van der Waals surface area contributed by atoms with Crippen LogP contribution < -0.4 is 9.47 Å². The Morgan fingerprint density at radius 1 is 1.04 bits per heavy atom. The standard InChI is InChI=1S/C19H16O4/c1-13-4-6-15(7-5-13)8-11-18(21)17-10-9-16(22-3)12-19(17)23-14(2)20/h4-7,9-10,12H,1-3H3. The maximum Gasteiger partial charge on any atom is 0.308 e. The average molecular weight is 308 g/mol. The van der Waals surface area contributed by atoms with Gasteiger partial charge in [-0.15, -0.1) is 0 Å². The summed E-state index contributed by atoms with van der Waals surface area (Å²) < 4.78 is 10.1. The molecule has 0 heterocycles. The molecular weight excluding hydrogens is 292 g/mol. The van der Waals surface area contributed by atoms with Crippen molar-refractivity contribution < 1.29 is 19.1 Å². The summed E-state index contributed by atoms with van der Waals surface area (Å²) in [6.07, 6.45) is 0. The van der Waals surface area contributed by atoms with E-state index in [2.05, 4.69) is 11.8 Å². The van der Waals surface area contributed by atoms with Crippen molar-refractivity contribution in [1.29, 1.82) is 0 Å². The normalized spacial score (nSPS) is 9.52. The van der Waals surface area contributed by atoms with E-state index in [-0.39, 0.29) is 11.3 Å². The second-order valence-electron chi connectivity index (χ2n) is 4.90. The van der Waals surface area contributed by atoms with Crippen molar-refractivity contribution in [3.63, 3.8) is 0 Å². The number of hydrogen-bond acceptors (Lipinski definition) is 4. The van der Waals surface area contributed by atoms with Gasteiger partial charge >= 0.3 is 5.97 Å². The summed E-state index contributed by atoms with van der Waals surface area (Å²) in [6, 6.07) is 12.2. The molecule has 23 heavy (non-hydrogen) atoms. The van der Waals surface area contributed by atoms with Gasteiger partial charge in [-0.1, -0.05) is 23.6 Å². The quantitative estimate of drug-likeness (QED) is 0.378. The van der Waals surface area contributed by atoms with Gasteiger partial charge in [-0.2, -0.15) is 0 Å². The number of rotatable bonds is 3. The smallest absolute Gasteiger partial charge is 0.308 e. The number of benzene rings is 2. The first-order valence-corrected chi connectivity index (χ1v) is 6.99. The van der Waals surface area contributed by atoms with Gasteiger partial charge in [0.15, 0.2) is 0 Å². The summed E-state index contributed by atoms with van der Waals surface area (Å²) in [5.41, 5.74) is 2.08. The predicted octanol–water partition coefficient (Wildman–Crippen LogP) is 3.16. The number of ketones is 1. The minimum Gasteiger partial charge on any atom is -0.497 e. The number of carbonyl (C=O) groups excluding carboxylic acids is 2. The van der Waals surface area contributed by atoms with Crippen LogP contribution in [0.15, 0.2) is 42.5 Å². The summed E-state index contributed by atoms with van der Waals surface area (Å²) in [7, 11) is 1.49. The number of esters is 1. The number of aryl methyl sites for hydroxylation is 1. The van der Waals surface area contributed by atoms with Gasteiger partial charge in [0, 0.05) is 18.6 Å². The molecule has 116 valence electrons. The average Bonchev–Trinajstić information content (AvgIpc) is 2.53. The zero-order chi connectivity index (χ0) is 16.8. The Labute approximate surface area is 135 Å². The van der Waals surface area contributed by atoms with Crippen LogP contribution in [0, 0.1) is 18.8 Å². The molecular formula is C19H16O4. The maximum absolute atomic E-state index is 12.3. The first-order valence-electron chi connectivity index (χ1n) is 6.99. The largest absolute Gasteiger partial charge is 0.497 e. The molecule has 2 rings (SSSR count). The molecule has 0 saturated heterocycles. The Morgan fingerprint density at radius 2 is 1.74 bits per heavy atom. The molecule has 0 aromatic heterocycles. The van der Waals surface area contributed by atoms with Crippen molar-refractivity contribution in [3.05, 3.63) is 59.2 Å². The first-order chi connectivity index (χ1) is 11.0. The highest BCUT2D eigenvalue weighted by molar-refractivity contribution is 6.11. The summed E-state index contributed by atoms with van der Waals surface area (Å²) in [4.78, 5) is 23.5. The number of Topliss-reactive ketones (excluding diaryl/α,β-unsaturated/α-hetero) is 1. The van der Waals surface area contributed by atoms with E-state index in [9.17, 15) is 9.59 Å². The van der Waals surface area contributed by atoms with Gasteiger partial charge in [0.05, 0.1) is 12.7 Å². The maximum atomic E-state index is 12.3.